The topological polar surface area (TPSA) is 26.3 Å². The van der Waals surface area contributed by atoms with E-state index >= 15 is 0 Å². The highest BCUT2D eigenvalue weighted by atomic mass is 16.5. The normalized spacial score (nSPS) is 10.3. The molecular formula is C18H18O2. The first-order valence-electron chi connectivity index (χ1n) is 6.63. The van der Waals surface area contributed by atoms with E-state index in [0.717, 1.165) is 16.7 Å². The number of hydrogen-bond acceptors (Lipinski definition) is 2. The van der Waals surface area contributed by atoms with Gasteiger partial charge in [-0.1, -0.05) is 49.0 Å². The summed E-state index contributed by atoms with van der Waals surface area (Å²) in [7, 11) is 0. The van der Waals surface area contributed by atoms with Crippen molar-refractivity contribution < 1.29 is 9.53 Å². The molecule has 20 heavy (non-hydrogen) atoms. The molecule has 0 heterocycles. The summed E-state index contributed by atoms with van der Waals surface area (Å²) >= 11 is 0. The lowest BCUT2D eigenvalue weighted by Gasteiger charge is -2.09. The molecule has 0 aliphatic carbocycles. The molecule has 0 radical (unpaired) electrons. The van der Waals surface area contributed by atoms with Gasteiger partial charge in [0.05, 0.1) is 11.7 Å². The van der Waals surface area contributed by atoms with Crippen molar-refractivity contribution in [3.8, 4) is 0 Å². The summed E-state index contributed by atoms with van der Waals surface area (Å²) in [5.41, 5.74) is 3.57. The molecule has 2 rings (SSSR count). The number of carbonyl (C=O) groups is 1. The smallest absolute Gasteiger partial charge is 0.338 e. The molecule has 0 N–H and O–H groups in total. The maximum Gasteiger partial charge on any atom is 0.338 e. The summed E-state index contributed by atoms with van der Waals surface area (Å²) in [6.07, 6.45) is -0.110. The number of ether oxygens (including phenoxy) is 1. The number of rotatable bonds is 4. The van der Waals surface area contributed by atoms with Gasteiger partial charge in [-0.3, -0.25) is 0 Å². The lowest BCUT2D eigenvalue weighted by atomic mass is 9.99. The Kier molecular flexibility index (Phi) is 4.36. The van der Waals surface area contributed by atoms with Gasteiger partial charge in [0.25, 0.3) is 0 Å². The summed E-state index contributed by atoms with van der Waals surface area (Å²) in [6, 6.07) is 17.3. The predicted molar refractivity (Wildman–Crippen MR) is 81.6 cm³/mol. The first kappa shape index (κ1) is 14.1. The standard InChI is InChI=1S/C18H18O2/c1-13(2)20-18(19)17-11-9-16(10-12-17)14(3)15-7-5-4-6-8-15/h4-13H,3H2,1-2H3. The molecule has 0 spiro atoms. The van der Waals surface area contributed by atoms with Crippen molar-refractivity contribution in [3.63, 3.8) is 0 Å². The van der Waals surface area contributed by atoms with Crippen molar-refractivity contribution in [2.24, 2.45) is 0 Å². The van der Waals surface area contributed by atoms with Crippen LogP contribution in [-0.4, -0.2) is 12.1 Å². The Morgan fingerprint density at radius 2 is 1.40 bits per heavy atom. The molecule has 2 aromatic carbocycles. The zero-order valence-electron chi connectivity index (χ0n) is 11.8. The van der Waals surface area contributed by atoms with Crippen LogP contribution in [0.1, 0.15) is 35.3 Å². The van der Waals surface area contributed by atoms with Crippen LogP contribution in [0.2, 0.25) is 0 Å². The van der Waals surface area contributed by atoms with Crippen LogP contribution in [-0.2, 0) is 4.74 Å². The largest absolute Gasteiger partial charge is 0.459 e. The first-order valence-corrected chi connectivity index (χ1v) is 6.63. The van der Waals surface area contributed by atoms with E-state index in [0.29, 0.717) is 5.56 Å². The molecule has 0 aliphatic rings. The van der Waals surface area contributed by atoms with E-state index in [-0.39, 0.29) is 12.1 Å². The van der Waals surface area contributed by atoms with Gasteiger partial charge in [0.2, 0.25) is 0 Å². The van der Waals surface area contributed by atoms with Crippen molar-refractivity contribution in [1.82, 2.24) is 0 Å². The van der Waals surface area contributed by atoms with Crippen LogP contribution in [0.3, 0.4) is 0 Å². The molecule has 0 fully saturated rings. The summed E-state index contributed by atoms with van der Waals surface area (Å²) in [5, 5.41) is 0. The predicted octanol–water partition coefficient (Wildman–Crippen LogP) is 4.31. The van der Waals surface area contributed by atoms with E-state index in [2.05, 4.69) is 6.58 Å². The van der Waals surface area contributed by atoms with Gasteiger partial charge < -0.3 is 4.74 Å². The van der Waals surface area contributed by atoms with Gasteiger partial charge in [0.1, 0.15) is 0 Å². The molecule has 0 aromatic heterocycles. The molecule has 0 unspecified atom stereocenters. The van der Waals surface area contributed by atoms with Gasteiger partial charge in [0.15, 0.2) is 0 Å². The summed E-state index contributed by atoms with van der Waals surface area (Å²) in [5.74, 6) is -0.295. The van der Waals surface area contributed by atoms with Crippen LogP contribution < -0.4 is 0 Å². The van der Waals surface area contributed by atoms with Crippen LogP contribution >= 0.6 is 0 Å². The highest BCUT2D eigenvalue weighted by Crippen LogP contribution is 2.21. The average Bonchev–Trinajstić information content (AvgIpc) is 2.47. The second-order valence-electron chi connectivity index (χ2n) is 4.88. The quantitative estimate of drug-likeness (QED) is 0.771. The third-order valence-corrected chi connectivity index (χ3v) is 2.93. The summed E-state index contributed by atoms with van der Waals surface area (Å²) in [4.78, 5) is 11.8. The fourth-order valence-corrected chi connectivity index (χ4v) is 1.90. The molecule has 2 heteroatoms. The molecule has 2 nitrogen and oxygen atoms in total. The van der Waals surface area contributed by atoms with Crippen LogP contribution in [0.4, 0.5) is 0 Å². The minimum atomic E-state index is -0.295. The van der Waals surface area contributed by atoms with Gasteiger partial charge >= 0.3 is 5.97 Å². The molecule has 0 saturated carbocycles. The average molecular weight is 266 g/mol. The Morgan fingerprint density at radius 1 is 0.900 bits per heavy atom. The summed E-state index contributed by atoms with van der Waals surface area (Å²) in [6.45, 7) is 7.78. The van der Waals surface area contributed by atoms with E-state index in [1.807, 2.05) is 56.3 Å². The van der Waals surface area contributed by atoms with Gasteiger partial charge in [-0.25, -0.2) is 4.79 Å². The zero-order valence-corrected chi connectivity index (χ0v) is 11.8. The van der Waals surface area contributed by atoms with Gasteiger partial charge in [0, 0.05) is 0 Å². The fourth-order valence-electron chi connectivity index (χ4n) is 1.90. The van der Waals surface area contributed by atoms with Crippen molar-refractivity contribution in [2.45, 2.75) is 20.0 Å². The first-order chi connectivity index (χ1) is 9.58. The Hall–Kier alpha value is -2.35. The van der Waals surface area contributed by atoms with E-state index in [1.54, 1.807) is 12.1 Å². The minimum absolute atomic E-state index is 0.110. The fraction of sp³-hybridized carbons (Fsp3) is 0.167. The van der Waals surface area contributed by atoms with Gasteiger partial charge in [-0.15, -0.1) is 0 Å². The third kappa shape index (κ3) is 3.35. The molecule has 0 atom stereocenters. The van der Waals surface area contributed by atoms with Gasteiger partial charge in [-0.05, 0) is 42.7 Å². The molecule has 0 bridgehead atoms. The number of carbonyl (C=O) groups excluding carboxylic acids is 1. The molecular weight excluding hydrogens is 248 g/mol. The van der Waals surface area contributed by atoms with Crippen molar-refractivity contribution in [2.75, 3.05) is 0 Å². The Morgan fingerprint density at radius 3 is 1.95 bits per heavy atom. The van der Waals surface area contributed by atoms with Crippen LogP contribution in [0, 0.1) is 0 Å². The van der Waals surface area contributed by atoms with E-state index in [1.165, 1.54) is 0 Å². The van der Waals surface area contributed by atoms with Crippen molar-refractivity contribution >= 4 is 11.5 Å². The van der Waals surface area contributed by atoms with Gasteiger partial charge in [-0.2, -0.15) is 0 Å². The number of benzene rings is 2. The van der Waals surface area contributed by atoms with Crippen molar-refractivity contribution in [3.05, 3.63) is 77.9 Å². The van der Waals surface area contributed by atoms with Crippen molar-refractivity contribution in [1.29, 1.82) is 0 Å². The van der Waals surface area contributed by atoms with Crippen LogP contribution in [0.15, 0.2) is 61.2 Å². The van der Waals surface area contributed by atoms with E-state index in [9.17, 15) is 4.79 Å². The molecule has 0 aliphatic heterocycles. The summed E-state index contributed by atoms with van der Waals surface area (Å²) < 4.78 is 5.16. The Labute approximate surface area is 119 Å². The maximum atomic E-state index is 11.8. The van der Waals surface area contributed by atoms with Crippen LogP contribution in [0.5, 0.6) is 0 Å². The van der Waals surface area contributed by atoms with Crippen LogP contribution in [0.25, 0.3) is 5.57 Å². The lowest BCUT2D eigenvalue weighted by molar-refractivity contribution is 0.0378. The maximum absolute atomic E-state index is 11.8. The molecule has 102 valence electrons. The second kappa shape index (κ2) is 6.20. The lowest BCUT2D eigenvalue weighted by Crippen LogP contribution is -2.11. The minimum Gasteiger partial charge on any atom is -0.459 e. The second-order valence-corrected chi connectivity index (χ2v) is 4.88. The Balaban J connectivity index is 2.16. The highest BCUT2D eigenvalue weighted by Gasteiger charge is 2.09. The zero-order chi connectivity index (χ0) is 14.5. The third-order valence-electron chi connectivity index (χ3n) is 2.93. The van der Waals surface area contributed by atoms with E-state index < -0.39 is 0 Å². The van der Waals surface area contributed by atoms with E-state index in [4.69, 9.17) is 4.74 Å². The molecule has 0 amide bonds. The SMILES string of the molecule is C=C(c1ccccc1)c1ccc(C(=O)OC(C)C)cc1. The number of esters is 1. The Bertz CT molecular complexity index is 595. The monoisotopic (exact) mass is 266 g/mol. The number of hydrogen-bond donors (Lipinski definition) is 0. The molecule has 0 saturated heterocycles. The molecule has 2 aromatic rings. The highest BCUT2D eigenvalue weighted by molar-refractivity contribution is 5.90.